The van der Waals surface area contributed by atoms with E-state index in [4.69, 9.17) is 4.74 Å². The van der Waals surface area contributed by atoms with Gasteiger partial charge in [-0.25, -0.2) is 9.18 Å². The number of carbonyl (C=O) groups is 2. The van der Waals surface area contributed by atoms with Gasteiger partial charge in [-0.1, -0.05) is 13.8 Å². The number of aromatic nitrogens is 1. The molecule has 2 aromatic rings. The molecule has 6 nitrogen and oxygen atoms in total. The fourth-order valence-electron chi connectivity index (χ4n) is 2.79. The van der Waals surface area contributed by atoms with Gasteiger partial charge in [0, 0.05) is 17.1 Å². The molecular weight excluding hydrogens is 361 g/mol. The first-order valence-corrected chi connectivity index (χ1v) is 8.93. The molecule has 1 heterocycles. The van der Waals surface area contributed by atoms with Crippen LogP contribution in [0.3, 0.4) is 0 Å². The normalized spacial score (nSPS) is 12.9. The number of amides is 1. The Balaban J connectivity index is 2.12. The second-order valence-electron chi connectivity index (χ2n) is 7.19. The van der Waals surface area contributed by atoms with Gasteiger partial charge in [0.25, 0.3) is 5.91 Å². The van der Waals surface area contributed by atoms with Gasteiger partial charge in [-0.2, -0.15) is 5.26 Å². The first-order chi connectivity index (χ1) is 13.1. The molecule has 1 aromatic heterocycles. The highest BCUT2D eigenvalue weighted by atomic mass is 19.1. The van der Waals surface area contributed by atoms with Crippen LogP contribution in [0.25, 0.3) is 5.69 Å². The number of esters is 1. The highest BCUT2D eigenvalue weighted by molar-refractivity contribution is 5.93. The maximum absolute atomic E-state index is 13.2. The Kier molecular flexibility index (Phi) is 6.24. The average molecular weight is 385 g/mol. The molecule has 0 aliphatic carbocycles. The molecule has 2 rings (SSSR count). The van der Waals surface area contributed by atoms with Crippen LogP contribution >= 0.6 is 0 Å². The summed E-state index contributed by atoms with van der Waals surface area (Å²) in [5, 5.41) is 11.9. The van der Waals surface area contributed by atoms with E-state index in [2.05, 4.69) is 11.4 Å². The standard InChI is InChI=1S/C21H24FN3O3/c1-13(2)21(5,12-23)24-19(26)11-28-20(27)18-10-14(3)25(15(18)4)17-8-6-16(22)7-9-17/h6-10,13H,11H2,1-5H3,(H,24,26)/t21-/m1/s1. The molecule has 1 atom stereocenters. The van der Waals surface area contributed by atoms with Gasteiger partial charge in [0.05, 0.1) is 11.6 Å². The maximum atomic E-state index is 13.2. The summed E-state index contributed by atoms with van der Waals surface area (Å²) < 4.78 is 20.1. The predicted octanol–water partition coefficient (Wildman–Crippen LogP) is 3.44. The molecule has 0 aliphatic rings. The minimum absolute atomic E-state index is 0.105. The summed E-state index contributed by atoms with van der Waals surface area (Å²) in [7, 11) is 0. The highest BCUT2D eigenvalue weighted by Crippen LogP contribution is 2.22. The molecule has 0 saturated carbocycles. The van der Waals surface area contributed by atoms with Crippen molar-refractivity contribution in [2.24, 2.45) is 5.92 Å². The number of halogens is 1. The molecule has 0 unspecified atom stereocenters. The monoisotopic (exact) mass is 385 g/mol. The minimum Gasteiger partial charge on any atom is -0.452 e. The lowest BCUT2D eigenvalue weighted by atomic mass is 9.90. The minimum atomic E-state index is -1.04. The van der Waals surface area contributed by atoms with Crippen molar-refractivity contribution in [1.82, 2.24) is 9.88 Å². The van der Waals surface area contributed by atoms with Crippen molar-refractivity contribution >= 4 is 11.9 Å². The lowest BCUT2D eigenvalue weighted by molar-refractivity contribution is -0.125. The molecule has 0 fully saturated rings. The number of aryl methyl sites for hydroxylation is 1. The second-order valence-corrected chi connectivity index (χ2v) is 7.19. The first-order valence-electron chi connectivity index (χ1n) is 8.93. The van der Waals surface area contributed by atoms with Crippen molar-refractivity contribution < 1.29 is 18.7 Å². The number of carbonyl (C=O) groups excluding carboxylic acids is 2. The van der Waals surface area contributed by atoms with E-state index in [9.17, 15) is 19.2 Å². The highest BCUT2D eigenvalue weighted by Gasteiger charge is 2.30. The van der Waals surface area contributed by atoms with Crippen molar-refractivity contribution in [1.29, 1.82) is 5.26 Å². The topological polar surface area (TPSA) is 84.1 Å². The Morgan fingerprint density at radius 3 is 2.43 bits per heavy atom. The van der Waals surface area contributed by atoms with Gasteiger partial charge in [-0.3, -0.25) is 4.79 Å². The van der Waals surface area contributed by atoms with Crippen LogP contribution in [0.15, 0.2) is 30.3 Å². The number of nitrogens with zero attached hydrogens (tertiary/aromatic N) is 2. The Labute approximate surface area is 163 Å². The summed E-state index contributed by atoms with van der Waals surface area (Å²) in [6.45, 7) is 8.34. The number of benzene rings is 1. The Hall–Kier alpha value is -3.14. The summed E-state index contributed by atoms with van der Waals surface area (Å²) in [6.07, 6.45) is 0. The average Bonchev–Trinajstić information content (AvgIpc) is 2.94. The van der Waals surface area contributed by atoms with Crippen LogP contribution in [0.2, 0.25) is 0 Å². The van der Waals surface area contributed by atoms with Gasteiger partial charge in [-0.15, -0.1) is 0 Å². The van der Waals surface area contributed by atoms with Crippen molar-refractivity contribution in [3.8, 4) is 11.8 Å². The summed E-state index contributed by atoms with van der Waals surface area (Å²) in [4.78, 5) is 24.5. The largest absolute Gasteiger partial charge is 0.452 e. The van der Waals surface area contributed by atoms with Gasteiger partial charge in [-0.05, 0) is 57.0 Å². The van der Waals surface area contributed by atoms with E-state index in [0.29, 0.717) is 11.3 Å². The molecule has 148 valence electrons. The van der Waals surface area contributed by atoms with Crippen LogP contribution in [0, 0.1) is 36.9 Å². The van der Waals surface area contributed by atoms with Gasteiger partial charge in [0.1, 0.15) is 11.4 Å². The lowest BCUT2D eigenvalue weighted by Crippen LogP contribution is -2.50. The Bertz CT molecular complexity index is 926. The number of nitriles is 1. The number of ether oxygens (including phenoxy) is 1. The summed E-state index contributed by atoms with van der Waals surface area (Å²) in [6, 6.07) is 9.65. The van der Waals surface area contributed by atoms with Crippen LogP contribution in [0.5, 0.6) is 0 Å². The quantitative estimate of drug-likeness (QED) is 0.772. The molecule has 1 amide bonds. The Morgan fingerprint density at radius 2 is 1.89 bits per heavy atom. The summed E-state index contributed by atoms with van der Waals surface area (Å²) in [5.74, 6) is -1.63. The van der Waals surface area contributed by atoms with Crippen molar-refractivity contribution in [2.45, 2.75) is 40.2 Å². The van der Waals surface area contributed by atoms with Gasteiger partial charge in [0.15, 0.2) is 6.61 Å². The van der Waals surface area contributed by atoms with Crippen LogP contribution < -0.4 is 5.32 Å². The van der Waals surface area contributed by atoms with Crippen LogP contribution in [-0.4, -0.2) is 28.6 Å². The third-order valence-electron chi connectivity index (χ3n) is 4.86. The van der Waals surface area contributed by atoms with Gasteiger partial charge >= 0.3 is 5.97 Å². The fourth-order valence-corrected chi connectivity index (χ4v) is 2.79. The van der Waals surface area contributed by atoms with E-state index in [0.717, 1.165) is 11.4 Å². The SMILES string of the molecule is Cc1cc(C(=O)OCC(=O)N[C@](C)(C#N)C(C)C)c(C)n1-c1ccc(F)cc1. The molecule has 1 aromatic carbocycles. The molecule has 28 heavy (non-hydrogen) atoms. The molecule has 1 N–H and O–H groups in total. The zero-order valence-corrected chi connectivity index (χ0v) is 16.7. The van der Waals surface area contributed by atoms with E-state index in [1.165, 1.54) is 12.1 Å². The molecular formula is C21H24FN3O3. The van der Waals surface area contributed by atoms with E-state index in [-0.39, 0.29) is 11.7 Å². The molecule has 0 radical (unpaired) electrons. The molecule has 7 heteroatoms. The molecule has 0 bridgehead atoms. The lowest BCUT2D eigenvalue weighted by Gasteiger charge is -2.27. The zero-order valence-electron chi connectivity index (χ0n) is 16.7. The maximum Gasteiger partial charge on any atom is 0.340 e. The number of hydrogen-bond donors (Lipinski definition) is 1. The summed E-state index contributed by atoms with van der Waals surface area (Å²) >= 11 is 0. The number of rotatable bonds is 6. The van der Waals surface area contributed by atoms with E-state index < -0.39 is 24.0 Å². The van der Waals surface area contributed by atoms with Crippen LogP contribution in [0.4, 0.5) is 4.39 Å². The van der Waals surface area contributed by atoms with E-state index in [1.54, 1.807) is 32.0 Å². The van der Waals surface area contributed by atoms with Crippen LogP contribution in [-0.2, 0) is 9.53 Å². The third kappa shape index (κ3) is 4.39. The fraction of sp³-hybridized carbons (Fsp3) is 0.381. The van der Waals surface area contributed by atoms with Gasteiger partial charge in [0.2, 0.25) is 0 Å². The third-order valence-corrected chi connectivity index (χ3v) is 4.86. The van der Waals surface area contributed by atoms with Gasteiger partial charge < -0.3 is 14.6 Å². The molecule has 0 aliphatic heterocycles. The van der Waals surface area contributed by atoms with Crippen LogP contribution in [0.1, 0.15) is 42.5 Å². The Morgan fingerprint density at radius 1 is 1.29 bits per heavy atom. The smallest absolute Gasteiger partial charge is 0.340 e. The first kappa shape index (κ1) is 21.2. The predicted molar refractivity (Wildman–Crippen MR) is 102 cm³/mol. The van der Waals surface area contributed by atoms with Crippen molar-refractivity contribution in [2.75, 3.05) is 6.61 Å². The van der Waals surface area contributed by atoms with E-state index in [1.807, 2.05) is 25.3 Å². The number of hydrogen-bond acceptors (Lipinski definition) is 4. The van der Waals surface area contributed by atoms with Crippen molar-refractivity contribution in [3.63, 3.8) is 0 Å². The zero-order chi connectivity index (χ0) is 21.1. The van der Waals surface area contributed by atoms with E-state index >= 15 is 0 Å². The number of nitrogens with one attached hydrogen (secondary N) is 1. The molecule has 0 saturated heterocycles. The van der Waals surface area contributed by atoms with Crippen molar-refractivity contribution in [3.05, 3.63) is 53.1 Å². The second kappa shape index (κ2) is 8.26. The summed E-state index contributed by atoms with van der Waals surface area (Å²) in [5.41, 5.74) is 1.40. The molecule has 0 spiro atoms.